The molecule has 0 unspecified atom stereocenters. The van der Waals surface area contributed by atoms with Crippen molar-refractivity contribution in [2.75, 3.05) is 30.9 Å². The van der Waals surface area contributed by atoms with Crippen molar-refractivity contribution in [3.05, 3.63) is 90.0 Å². The Morgan fingerprint density at radius 1 is 0.875 bits per heavy atom. The molecule has 210 valence electrons. The van der Waals surface area contributed by atoms with Crippen molar-refractivity contribution < 1.29 is 40.6 Å². The summed E-state index contributed by atoms with van der Waals surface area (Å²) in [5.74, 6) is 0.193. The van der Waals surface area contributed by atoms with Gasteiger partial charge in [0.05, 0.1) is 19.9 Å². The van der Waals surface area contributed by atoms with Crippen LogP contribution in [0, 0.1) is 0 Å². The van der Waals surface area contributed by atoms with Crippen LogP contribution in [0.15, 0.2) is 78.9 Å². The molecule has 0 aliphatic heterocycles. The van der Waals surface area contributed by atoms with Gasteiger partial charge in [0, 0.05) is 29.9 Å². The first-order valence-corrected chi connectivity index (χ1v) is 13.2. The zero-order valence-corrected chi connectivity index (χ0v) is 22.5. The number of methoxy groups -OCH3 is 2. The zero-order valence-electron chi connectivity index (χ0n) is 21.7. The molecule has 8 nitrogen and oxygen atoms in total. The fraction of sp³-hybridized carbons (Fsp3) is 0.179. The van der Waals surface area contributed by atoms with Crippen molar-refractivity contribution in [2.24, 2.45) is 0 Å². The third-order valence-corrected chi connectivity index (χ3v) is 7.60. The first-order chi connectivity index (χ1) is 18.9. The number of benzene rings is 4. The van der Waals surface area contributed by atoms with E-state index in [-0.39, 0.29) is 28.0 Å². The van der Waals surface area contributed by atoms with Crippen LogP contribution in [-0.2, 0) is 16.6 Å². The molecule has 0 spiro atoms. The molecule has 0 bridgehead atoms. The van der Waals surface area contributed by atoms with Gasteiger partial charge in [-0.3, -0.25) is 9.10 Å². The van der Waals surface area contributed by atoms with Gasteiger partial charge in [0.25, 0.3) is 5.91 Å². The minimum atomic E-state index is -5.74. The summed E-state index contributed by atoms with van der Waals surface area (Å²) in [6, 6.07) is 21.2. The Kier molecular flexibility index (Phi) is 8.10. The van der Waals surface area contributed by atoms with E-state index in [4.69, 9.17) is 14.2 Å². The van der Waals surface area contributed by atoms with E-state index in [1.165, 1.54) is 26.4 Å². The van der Waals surface area contributed by atoms with Crippen LogP contribution >= 0.6 is 0 Å². The van der Waals surface area contributed by atoms with E-state index in [2.05, 4.69) is 5.32 Å². The number of hydrogen-bond donors (Lipinski definition) is 1. The molecule has 0 heterocycles. The van der Waals surface area contributed by atoms with Gasteiger partial charge in [-0.2, -0.15) is 21.6 Å². The van der Waals surface area contributed by atoms with Crippen LogP contribution in [0.25, 0.3) is 10.8 Å². The number of nitrogens with one attached hydrogen (secondary N) is 1. The lowest BCUT2D eigenvalue weighted by molar-refractivity contribution is -0.0437. The number of carbonyl (C=O) groups is 1. The molecule has 4 rings (SSSR count). The molecule has 1 N–H and O–H groups in total. The van der Waals surface area contributed by atoms with Gasteiger partial charge in [0.1, 0.15) is 23.9 Å². The summed E-state index contributed by atoms with van der Waals surface area (Å²) in [6.07, 6.45) is 0. The number of fused-ring (bicyclic) bond motifs is 1. The highest BCUT2D eigenvalue weighted by atomic mass is 32.2. The van der Waals surface area contributed by atoms with Gasteiger partial charge in [-0.1, -0.05) is 30.3 Å². The number of halogens is 3. The average Bonchev–Trinajstić information content (AvgIpc) is 2.94. The number of alkyl halides is 3. The normalized spacial score (nSPS) is 11.7. The molecule has 1 amide bonds. The van der Waals surface area contributed by atoms with Crippen LogP contribution in [0.2, 0.25) is 0 Å². The number of nitrogens with zero attached hydrogens (tertiary/aromatic N) is 1. The van der Waals surface area contributed by atoms with Crippen molar-refractivity contribution >= 4 is 38.1 Å². The van der Waals surface area contributed by atoms with Gasteiger partial charge in [-0.15, -0.1) is 0 Å². The molecule has 0 atom stereocenters. The van der Waals surface area contributed by atoms with Gasteiger partial charge < -0.3 is 19.5 Å². The fourth-order valence-electron chi connectivity index (χ4n) is 3.94. The van der Waals surface area contributed by atoms with Crippen molar-refractivity contribution in [1.82, 2.24) is 0 Å². The molecular weight excluding hydrogens is 549 g/mol. The Bertz CT molecular complexity index is 1660. The standard InChI is InChI=1S/C28H25F3N2O6S/c1-33(40(35,36)28(29,30)31)24-12-10-22(32-27(34)20-9-8-18-6-4-5-7-19(18)14-20)16-26(24)39-17-21-15-23(37-2)11-13-25(21)38-3/h4-16H,17H2,1-3H3,(H,32,34). The Balaban J connectivity index is 1.68. The van der Waals surface area contributed by atoms with E-state index >= 15 is 0 Å². The second-order valence-corrected chi connectivity index (χ2v) is 10.5. The number of rotatable bonds is 9. The third-order valence-electron chi connectivity index (χ3n) is 6.09. The summed E-state index contributed by atoms with van der Waals surface area (Å²) < 4.78 is 80.7. The maximum Gasteiger partial charge on any atom is 0.516 e. The van der Waals surface area contributed by atoms with Crippen molar-refractivity contribution in [1.29, 1.82) is 0 Å². The van der Waals surface area contributed by atoms with Crippen LogP contribution in [0.5, 0.6) is 17.2 Å². The molecule has 40 heavy (non-hydrogen) atoms. The van der Waals surface area contributed by atoms with Gasteiger partial charge in [-0.05, 0) is 53.2 Å². The first-order valence-electron chi connectivity index (χ1n) is 11.8. The van der Waals surface area contributed by atoms with Crippen molar-refractivity contribution in [2.45, 2.75) is 12.1 Å². The molecule has 0 aromatic heterocycles. The lowest BCUT2D eigenvalue weighted by Crippen LogP contribution is -2.38. The first kappa shape index (κ1) is 28.6. The summed E-state index contributed by atoms with van der Waals surface area (Å²) in [5.41, 5.74) is -4.92. The highest BCUT2D eigenvalue weighted by Gasteiger charge is 2.49. The second kappa shape index (κ2) is 11.3. The zero-order chi connectivity index (χ0) is 29.1. The largest absolute Gasteiger partial charge is 0.516 e. The highest BCUT2D eigenvalue weighted by molar-refractivity contribution is 7.93. The molecule has 4 aromatic carbocycles. The predicted octanol–water partition coefficient (Wildman–Crippen LogP) is 5.97. The maximum atomic E-state index is 13.3. The monoisotopic (exact) mass is 574 g/mol. The Labute approximate surface area is 228 Å². The fourth-order valence-corrected chi connectivity index (χ4v) is 4.66. The Morgan fingerprint density at radius 3 is 2.27 bits per heavy atom. The van der Waals surface area contributed by atoms with Crippen LogP contribution in [0.1, 0.15) is 15.9 Å². The minimum Gasteiger partial charge on any atom is -0.497 e. The molecule has 0 aliphatic rings. The number of carbonyl (C=O) groups excluding carboxylic acids is 1. The van der Waals surface area contributed by atoms with E-state index in [1.807, 2.05) is 24.3 Å². The van der Waals surface area contributed by atoms with E-state index in [0.29, 0.717) is 22.6 Å². The van der Waals surface area contributed by atoms with E-state index in [0.717, 1.165) is 23.9 Å². The molecule has 0 fully saturated rings. The number of sulfonamides is 1. The third kappa shape index (κ3) is 5.91. The molecule has 0 saturated carbocycles. The lowest BCUT2D eigenvalue weighted by Gasteiger charge is -2.24. The number of amides is 1. The quantitative estimate of drug-likeness (QED) is 0.265. The molecule has 0 saturated heterocycles. The Morgan fingerprint density at radius 2 is 1.60 bits per heavy atom. The molecule has 12 heteroatoms. The molecule has 4 aromatic rings. The predicted molar refractivity (Wildman–Crippen MR) is 146 cm³/mol. The summed E-state index contributed by atoms with van der Waals surface area (Å²) in [5, 5.41) is 4.48. The minimum absolute atomic E-state index is 0.0834. The molecule has 0 radical (unpaired) electrons. The smallest absolute Gasteiger partial charge is 0.497 e. The second-order valence-electron chi connectivity index (χ2n) is 8.58. The van der Waals surface area contributed by atoms with Crippen molar-refractivity contribution in [3.8, 4) is 17.2 Å². The van der Waals surface area contributed by atoms with E-state index in [9.17, 15) is 26.4 Å². The summed E-state index contributed by atoms with van der Waals surface area (Å²) in [4.78, 5) is 13.0. The average molecular weight is 575 g/mol. The van der Waals surface area contributed by atoms with Gasteiger partial charge in [0.2, 0.25) is 0 Å². The number of anilines is 2. The SMILES string of the molecule is COc1ccc(OC)c(COc2cc(NC(=O)c3ccc4ccccc4c3)ccc2N(C)S(=O)(=O)C(F)(F)F)c1. The molecular formula is C28H25F3N2O6S. The summed E-state index contributed by atoms with van der Waals surface area (Å²) in [7, 11) is -2.07. The number of hydrogen-bond acceptors (Lipinski definition) is 6. The van der Waals surface area contributed by atoms with E-state index < -0.39 is 21.4 Å². The maximum absolute atomic E-state index is 13.3. The molecule has 0 aliphatic carbocycles. The van der Waals surface area contributed by atoms with Gasteiger partial charge >= 0.3 is 15.5 Å². The topological polar surface area (TPSA) is 94.2 Å². The van der Waals surface area contributed by atoms with Crippen LogP contribution in [0.4, 0.5) is 24.5 Å². The Hall–Kier alpha value is -4.45. The lowest BCUT2D eigenvalue weighted by atomic mass is 10.1. The number of ether oxygens (including phenoxy) is 3. The summed E-state index contributed by atoms with van der Waals surface area (Å²) in [6.45, 7) is -0.213. The van der Waals surface area contributed by atoms with E-state index in [1.54, 1.807) is 36.4 Å². The van der Waals surface area contributed by atoms with Crippen molar-refractivity contribution in [3.63, 3.8) is 0 Å². The van der Waals surface area contributed by atoms with Crippen LogP contribution < -0.4 is 23.8 Å². The highest BCUT2D eigenvalue weighted by Crippen LogP contribution is 2.38. The van der Waals surface area contributed by atoms with Gasteiger partial charge in [0.15, 0.2) is 0 Å². The van der Waals surface area contributed by atoms with Gasteiger partial charge in [-0.25, -0.2) is 0 Å². The van der Waals surface area contributed by atoms with Crippen LogP contribution in [0.3, 0.4) is 0 Å². The van der Waals surface area contributed by atoms with Crippen LogP contribution in [-0.4, -0.2) is 41.1 Å². The summed E-state index contributed by atoms with van der Waals surface area (Å²) >= 11 is 0.